The largest absolute Gasteiger partial charge is 0.383 e. The Morgan fingerprint density at radius 3 is 3.00 bits per heavy atom. The van der Waals surface area contributed by atoms with Crippen molar-refractivity contribution in [2.45, 2.75) is 12.8 Å². The van der Waals surface area contributed by atoms with Gasteiger partial charge in [0.05, 0.1) is 6.61 Å². The first kappa shape index (κ1) is 13.2. The van der Waals surface area contributed by atoms with Gasteiger partial charge in [0.2, 0.25) is 5.91 Å². The van der Waals surface area contributed by atoms with Gasteiger partial charge in [-0.1, -0.05) is 28.1 Å². The molecule has 0 saturated carbocycles. The third-order valence-corrected chi connectivity index (χ3v) is 2.65. The number of aryl methyl sites for hydroxylation is 1. The molecular weight excluding hydrogens is 270 g/mol. The van der Waals surface area contributed by atoms with E-state index < -0.39 is 0 Å². The molecule has 16 heavy (non-hydrogen) atoms. The van der Waals surface area contributed by atoms with E-state index in [1.54, 1.807) is 7.11 Å². The van der Waals surface area contributed by atoms with Crippen LogP contribution in [0.1, 0.15) is 12.0 Å². The minimum absolute atomic E-state index is 0.0667. The molecule has 1 aromatic carbocycles. The number of halogens is 1. The van der Waals surface area contributed by atoms with Crippen LogP contribution < -0.4 is 5.32 Å². The van der Waals surface area contributed by atoms with Gasteiger partial charge in [0, 0.05) is 24.5 Å². The molecule has 0 aromatic heterocycles. The minimum atomic E-state index is 0.0667. The highest BCUT2D eigenvalue weighted by molar-refractivity contribution is 9.10. The highest BCUT2D eigenvalue weighted by atomic mass is 79.9. The fourth-order valence-corrected chi connectivity index (χ4v) is 1.78. The van der Waals surface area contributed by atoms with Gasteiger partial charge in [-0.2, -0.15) is 0 Å². The van der Waals surface area contributed by atoms with Gasteiger partial charge in [-0.15, -0.1) is 0 Å². The van der Waals surface area contributed by atoms with Crippen molar-refractivity contribution in [2.75, 3.05) is 20.3 Å². The van der Waals surface area contributed by atoms with Crippen molar-refractivity contribution in [1.29, 1.82) is 0 Å². The van der Waals surface area contributed by atoms with Crippen molar-refractivity contribution in [3.63, 3.8) is 0 Å². The van der Waals surface area contributed by atoms with Crippen LogP contribution in [0, 0.1) is 0 Å². The predicted molar refractivity (Wildman–Crippen MR) is 67.3 cm³/mol. The molecule has 3 nitrogen and oxygen atoms in total. The highest BCUT2D eigenvalue weighted by Gasteiger charge is 2.01. The predicted octanol–water partition coefficient (Wildman–Crippen LogP) is 2.14. The third kappa shape index (κ3) is 5.28. The van der Waals surface area contributed by atoms with E-state index in [4.69, 9.17) is 4.74 Å². The first-order valence-corrected chi connectivity index (χ1v) is 6.02. The van der Waals surface area contributed by atoms with E-state index in [9.17, 15) is 4.79 Å². The van der Waals surface area contributed by atoms with Gasteiger partial charge >= 0.3 is 0 Å². The Balaban J connectivity index is 2.26. The van der Waals surface area contributed by atoms with Crippen LogP contribution in [0.25, 0.3) is 0 Å². The molecule has 0 unspecified atom stereocenters. The van der Waals surface area contributed by atoms with E-state index in [1.165, 1.54) is 0 Å². The highest BCUT2D eigenvalue weighted by Crippen LogP contribution is 2.12. The lowest BCUT2D eigenvalue weighted by Crippen LogP contribution is -2.27. The van der Waals surface area contributed by atoms with Gasteiger partial charge in [-0.05, 0) is 24.1 Å². The van der Waals surface area contributed by atoms with E-state index in [2.05, 4.69) is 21.2 Å². The lowest BCUT2D eigenvalue weighted by Gasteiger charge is -2.04. The van der Waals surface area contributed by atoms with Crippen LogP contribution in [-0.4, -0.2) is 26.2 Å². The molecule has 1 amide bonds. The van der Waals surface area contributed by atoms with Crippen LogP contribution in [0.4, 0.5) is 0 Å². The smallest absolute Gasteiger partial charge is 0.220 e. The van der Waals surface area contributed by atoms with E-state index in [0.29, 0.717) is 19.6 Å². The van der Waals surface area contributed by atoms with Crippen molar-refractivity contribution < 1.29 is 9.53 Å². The second kappa shape index (κ2) is 7.41. The van der Waals surface area contributed by atoms with Gasteiger partial charge in [0.25, 0.3) is 0 Å². The summed E-state index contributed by atoms with van der Waals surface area (Å²) in [5, 5.41) is 2.79. The van der Waals surface area contributed by atoms with Crippen molar-refractivity contribution in [2.24, 2.45) is 0 Å². The fraction of sp³-hybridized carbons (Fsp3) is 0.417. The maximum absolute atomic E-state index is 11.4. The number of methoxy groups -OCH3 is 1. The monoisotopic (exact) mass is 285 g/mol. The molecule has 1 rings (SSSR count). The van der Waals surface area contributed by atoms with E-state index in [1.807, 2.05) is 24.3 Å². The zero-order valence-electron chi connectivity index (χ0n) is 9.33. The van der Waals surface area contributed by atoms with E-state index in [0.717, 1.165) is 16.5 Å². The van der Waals surface area contributed by atoms with Crippen molar-refractivity contribution in [3.05, 3.63) is 34.3 Å². The second-order valence-electron chi connectivity index (χ2n) is 3.47. The van der Waals surface area contributed by atoms with E-state index in [-0.39, 0.29) is 5.91 Å². The first-order chi connectivity index (χ1) is 7.72. The Kier molecular flexibility index (Phi) is 6.11. The van der Waals surface area contributed by atoms with Crippen LogP contribution in [0.2, 0.25) is 0 Å². The normalized spacial score (nSPS) is 10.1. The Hall–Kier alpha value is -0.870. The Labute approximate surface area is 104 Å². The van der Waals surface area contributed by atoms with Crippen LogP contribution in [0.5, 0.6) is 0 Å². The number of carbonyl (C=O) groups excluding carboxylic acids is 1. The number of rotatable bonds is 6. The number of ether oxygens (including phenoxy) is 1. The summed E-state index contributed by atoms with van der Waals surface area (Å²) in [5.41, 5.74) is 1.16. The molecule has 0 bridgehead atoms. The van der Waals surface area contributed by atoms with Gasteiger partial charge < -0.3 is 10.1 Å². The standard InChI is InChI=1S/C12H16BrNO2/c1-16-8-7-14-12(15)6-5-10-3-2-4-11(13)9-10/h2-4,9H,5-8H2,1H3,(H,14,15). The number of amides is 1. The molecule has 4 heteroatoms. The number of carbonyl (C=O) groups is 1. The summed E-state index contributed by atoms with van der Waals surface area (Å²) in [7, 11) is 1.62. The maximum Gasteiger partial charge on any atom is 0.220 e. The minimum Gasteiger partial charge on any atom is -0.383 e. The molecule has 88 valence electrons. The molecule has 0 heterocycles. The average molecular weight is 286 g/mol. The summed E-state index contributed by atoms with van der Waals surface area (Å²) in [4.78, 5) is 11.4. The molecular formula is C12H16BrNO2. The average Bonchev–Trinajstić information content (AvgIpc) is 2.27. The maximum atomic E-state index is 11.4. The molecule has 0 atom stereocenters. The summed E-state index contributed by atoms with van der Waals surface area (Å²) >= 11 is 3.40. The lowest BCUT2D eigenvalue weighted by molar-refractivity contribution is -0.121. The summed E-state index contributed by atoms with van der Waals surface area (Å²) in [6.45, 7) is 1.14. The number of nitrogens with one attached hydrogen (secondary N) is 1. The van der Waals surface area contributed by atoms with Gasteiger partial charge in [-0.3, -0.25) is 4.79 Å². The zero-order valence-corrected chi connectivity index (χ0v) is 10.9. The van der Waals surface area contributed by atoms with E-state index >= 15 is 0 Å². The summed E-state index contributed by atoms with van der Waals surface area (Å²) < 4.78 is 5.90. The van der Waals surface area contributed by atoms with Gasteiger partial charge in [0.1, 0.15) is 0 Å². The van der Waals surface area contributed by atoms with Crippen LogP contribution in [0.3, 0.4) is 0 Å². The zero-order chi connectivity index (χ0) is 11.8. The lowest BCUT2D eigenvalue weighted by atomic mass is 10.1. The molecule has 0 aliphatic rings. The molecule has 0 saturated heterocycles. The number of hydrogen-bond acceptors (Lipinski definition) is 2. The number of benzene rings is 1. The quantitative estimate of drug-likeness (QED) is 0.814. The fourth-order valence-electron chi connectivity index (χ4n) is 1.33. The van der Waals surface area contributed by atoms with Crippen LogP contribution >= 0.6 is 15.9 Å². The van der Waals surface area contributed by atoms with Crippen molar-refractivity contribution >= 4 is 21.8 Å². The third-order valence-electron chi connectivity index (χ3n) is 2.16. The molecule has 0 aliphatic carbocycles. The Morgan fingerprint density at radius 1 is 1.50 bits per heavy atom. The molecule has 0 fully saturated rings. The first-order valence-electron chi connectivity index (χ1n) is 5.22. The van der Waals surface area contributed by atoms with Gasteiger partial charge in [0.15, 0.2) is 0 Å². The molecule has 1 aromatic rings. The Morgan fingerprint density at radius 2 is 2.31 bits per heavy atom. The second-order valence-corrected chi connectivity index (χ2v) is 4.39. The summed E-state index contributed by atoms with van der Waals surface area (Å²) in [5.74, 6) is 0.0667. The van der Waals surface area contributed by atoms with Gasteiger partial charge in [-0.25, -0.2) is 0 Å². The van der Waals surface area contributed by atoms with Crippen molar-refractivity contribution in [1.82, 2.24) is 5.32 Å². The molecule has 0 spiro atoms. The molecule has 0 aliphatic heterocycles. The SMILES string of the molecule is COCCNC(=O)CCc1cccc(Br)c1. The Bertz CT molecular complexity index is 342. The van der Waals surface area contributed by atoms with Crippen LogP contribution in [-0.2, 0) is 16.0 Å². The topological polar surface area (TPSA) is 38.3 Å². The summed E-state index contributed by atoms with van der Waals surface area (Å²) in [6.07, 6.45) is 1.28. The van der Waals surface area contributed by atoms with Crippen LogP contribution in [0.15, 0.2) is 28.7 Å². The molecule has 0 radical (unpaired) electrons. The number of hydrogen-bond donors (Lipinski definition) is 1. The van der Waals surface area contributed by atoms with Crippen molar-refractivity contribution in [3.8, 4) is 0 Å². The molecule has 1 N–H and O–H groups in total. The summed E-state index contributed by atoms with van der Waals surface area (Å²) in [6, 6.07) is 8.00.